The first-order valence-corrected chi connectivity index (χ1v) is 9.04. The van der Waals surface area contributed by atoms with E-state index in [1.165, 1.54) is 4.88 Å². The molecule has 1 aliphatic rings. The number of rotatable bonds is 3. The average molecular weight is 319 g/mol. The van der Waals surface area contributed by atoms with Gasteiger partial charge in [-0.15, -0.1) is 11.3 Å². The monoisotopic (exact) mass is 319 g/mol. The molecule has 0 radical (unpaired) electrons. The van der Waals surface area contributed by atoms with Crippen molar-refractivity contribution in [2.24, 2.45) is 0 Å². The number of likely N-dealkylation sites (tertiary alicyclic amines) is 1. The number of thiophene rings is 1. The van der Waals surface area contributed by atoms with Crippen LogP contribution in [0.4, 0.5) is 0 Å². The molecule has 5 heteroatoms. The second-order valence-electron chi connectivity index (χ2n) is 6.45. The molecule has 0 spiro atoms. The molecule has 1 saturated heterocycles. The molecule has 4 nitrogen and oxygen atoms in total. The average Bonchev–Trinajstić information content (AvgIpc) is 2.76. The summed E-state index contributed by atoms with van der Waals surface area (Å²) in [6.45, 7) is 8.40. The lowest BCUT2D eigenvalue weighted by atomic mass is 10.0. The van der Waals surface area contributed by atoms with Crippen LogP contribution in [-0.2, 0) is 6.42 Å². The summed E-state index contributed by atoms with van der Waals surface area (Å²) in [5, 5.41) is 0.848. The largest absolute Gasteiger partial charge is 0.306 e. The van der Waals surface area contributed by atoms with Gasteiger partial charge in [0.05, 0.1) is 5.39 Å². The summed E-state index contributed by atoms with van der Waals surface area (Å²) in [5.74, 6) is 0.982. The zero-order valence-corrected chi connectivity index (χ0v) is 14.8. The maximum absolute atomic E-state index is 13.2. The van der Waals surface area contributed by atoms with E-state index < -0.39 is 0 Å². The van der Waals surface area contributed by atoms with Gasteiger partial charge in [-0.25, -0.2) is 4.98 Å². The van der Waals surface area contributed by atoms with Gasteiger partial charge in [0.15, 0.2) is 0 Å². The third-order valence-corrected chi connectivity index (χ3v) is 5.94. The van der Waals surface area contributed by atoms with Crippen molar-refractivity contribution >= 4 is 21.6 Å². The summed E-state index contributed by atoms with van der Waals surface area (Å²) >= 11 is 1.66. The minimum atomic E-state index is 0.185. The Bertz CT molecular complexity index is 738. The van der Waals surface area contributed by atoms with Gasteiger partial charge in [0.1, 0.15) is 10.7 Å². The first-order valence-electron chi connectivity index (χ1n) is 8.22. The minimum absolute atomic E-state index is 0.185. The number of piperidine rings is 1. The van der Waals surface area contributed by atoms with Gasteiger partial charge in [-0.1, -0.05) is 6.92 Å². The molecular formula is C17H25N3OS. The van der Waals surface area contributed by atoms with Gasteiger partial charge in [0.2, 0.25) is 0 Å². The van der Waals surface area contributed by atoms with E-state index in [0.717, 1.165) is 60.4 Å². The molecule has 3 heterocycles. The fourth-order valence-corrected chi connectivity index (χ4v) is 4.42. The second kappa shape index (κ2) is 6.13. The Labute approximate surface area is 135 Å². The van der Waals surface area contributed by atoms with E-state index in [0.29, 0.717) is 6.04 Å². The summed E-state index contributed by atoms with van der Waals surface area (Å²) in [6.07, 6.45) is 3.99. The molecule has 0 aliphatic carbocycles. The predicted octanol–water partition coefficient (Wildman–Crippen LogP) is 3.29. The molecule has 0 amide bonds. The number of hydrogen-bond donors (Lipinski definition) is 0. The van der Waals surface area contributed by atoms with Crippen molar-refractivity contribution in [2.75, 3.05) is 20.1 Å². The smallest absolute Gasteiger partial charge is 0.262 e. The SMILES string of the molecule is CCCc1nc2sc(C)c(C)c2c(=O)n1C1CCN(C)CC1. The normalized spacial score (nSPS) is 17.5. The highest BCUT2D eigenvalue weighted by atomic mass is 32.1. The summed E-state index contributed by atoms with van der Waals surface area (Å²) in [7, 11) is 2.15. The number of hydrogen-bond acceptors (Lipinski definition) is 4. The van der Waals surface area contributed by atoms with Crippen molar-refractivity contribution in [3.8, 4) is 0 Å². The van der Waals surface area contributed by atoms with Crippen molar-refractivity contribution < 1.29 is 0 Å². The van der Waals surface area contributed by atoms with Gasteiger partial charge >= 0.3 is 0 Å². The molecular weight excluding hydrogens is 294 g/mol. The fourth-order valence-electron chi connectivity index (χ4n) is 3.38. The van der Waals surface area contributed by atoms with Crippen molar-refractivity contribution in [1.29, 1.82) is 0 Å². The summed E-state index contributed by atoms with van der Waals surface area (Å²) in [6, 6.07) is 0.307. The third kappa shape index (κ3) is 2.61. The molecule has 2 aromatic rings. The Morgan fingerprint density at radius 2 is 1.95 bits per heavy atom. The van der Waals surface area contributed by atoms with Gasteiger partial charge in [0, 0.05) is 17.3 Å². The molecule has 0 bridgehead atoms. The van der Waals surface area contributed by atoms with Crippen molar-refractivity contribution in [2.45, 2.75) is 52.5 Å². The Kier molecular flexibility index (Phi) is 4.37. The van der Waals surface area contributed by atoms with E-state index in [4.69, 9.17) is 4.98 Å². The van der Waals surface area contributed by atoms with E-state index in [2.05, 4.69) is 32.7 Å². The zero-order valence-electron chi connectivity index (χ0n) is 14.0. The Morgan fingerprint density at radius 1 is 1.27 bits per heavy atom. The lowest BCUT2D eigenvalue weighted by Gasteiger charge is -2.31. The van der Waals surface area contributed by atoms with Gasteiger partial charge in [-0.05, 0) is 58.8 Å². The molecule has 22 heavy (non-hydrogen) atoms. The van der Waals surface area contributed by atoms with Gasteiger partial charge < -0.3 is 4.90 Å². The quantitative estimate of drug-likeness (QED) is 0.871. The highest BCUT2D eigenvalue weighted by molar-refractivity contribution is 7.18. The summed E-state index contributed by atoms with van der Waals surface area (Å²) < 4.78 is 2.03. The summed E-state index contributed by atoms with van der Waals surface area (Å²) in [5.41, 5.74) is 1.30. The lowest BCUT2D eigenvalue weighted by molar-refractivity contribution is 0.215. The van der Waals surface area contributed by atoms with Gasteiger partial charge in [0.25, 0.3) is 5.56 Å². The molecule has 0 unspecified atom stereocenters. The van der Waals surface area contributed by atoms with Crippen LogP contribution in [0.25, 0.3) is 10.2 Å². The van der Waals surface area contributed by atoms with E-state index in [-0.39, 0.29) is 5.56 Å². The van der Waals surface area contributed by atoms with Crippen LogP contribution in [0.3, 0.4) is 0 Å². The van der Waals surface area contributed by atoms with Crippen molar-refractivity contribution in [1.82, 2.24) is 14.5 Å². The van der Waals surface area contributed by atoms with Gasteiger partial charge in [-0.2, -0.15) is 0 Å². The highest BCUT2D eigenvalue weighted by Crippen LogP contribution is 2.29. The number of nitrogens with zero attached hydrogens (tertiary/aromatic N) is 3. The lowest BCUT2D eigenvalue weighted by Crippen LogP contribution is -2.37. The third-order valence-electron chi connectivity index (χ3n) is 4.83. The van der Waals surface area contributed by atoms with Crippen LogP contribution in [0.5, 0.6) is 0 Å². The maximum atomic E-state index is 13.2. The van der Waals surface area contributed by atoms with Crippen LogP contribution in [0.1, 0.15) is 48.5 Å². The van der Waals surface area contributed by atoms with E-state index in [1.54, 1.807) is 11.3 Å². The van der Waals surface area contributed by atoms with E-state index in [1.807, 2.05) is 4.57 Å². The molecule has 1 aliphatic heterocycles. The zero-order chi connectivity index (χ0) is 15.9. The maximum Gasteiger partial charge on any atom is 0.262 e. The standard InChI is InChI=1S/C17H25N3OS/c1-5-6-14-18-16-15(11(2)12(3)22-16)17(21)20(14)13-7-9-19(4)10-8-13/h13H,5-10H2,1-4H3. The minimum Gasteiger partial charge on any atom is -0.306 e. The molecule has 0 atom stereocenters. The molecule has 2 aromatic heterocycles. The molecule has 0 aromatic carbocycles. The van der Waals surface area contributed by atoms with Crippen LogP contribution in [-0.4, -0.2) is 34.6 Å². The Hall–Kier alpha value is -1.20. The summed E-state index contributed by atoms with van der Waals surface area (Å²) in [4.78, 5) is 22.5. The van der Waals surface area contributed by atoms with Crippen LogP contribution in [0, 0.1) is 13.8 Å². The van der Waals surface area contributed by atoms with Gasteiger partial charge in [-0.3, -0.25) is 9.36 Å². The predicted molar refractivity (Wildman–Crippen MR) is 93.1 cm³/mol. The number of aromatic nitrogens is 2. The Balaban J connectivity index is 2.17. The molecule has 3 rings (SSSR count). The van der Waals surface area contributed by atoms with E-state index in [9.17, 15) is 4.79 Å². The molecule has 0 saturated carbocycles. The first-order chi connectivity index (χ1) is 10.5. The first kappa shape index (κ1) is 15.7. The molecule has 120 valence electrons. The van der Waals surface area contributed by atoms with Crippen LogP contribution < -0.4 is 5.56 Å². The highest BCUT2D eigenvalue weighted by Gasteiger charge is 2.24. The van der Waals surface area contributed by atoms with Crippen LogP contribution in [0.2, 0.25) is 0 Å². The van der Waals surface area contributed by atoms with Crippen LogP contribution in [0.15, 0.2) is 4.79 Å². The Morgan fingerprint density at radius 3 is 2.59 bits per heavy atom. The molecule has 1 fully saturated rings. The van der Waals surface area contributed by atoms with E-state index >= 15 is 0 Å². The van der Waals surface area contributed by atoms with Crippen molar-refractivity contribution in [3.05, 3.63) is 26.6 Å². The number of fused-ring (bicyclic) bond motifs is 1. The molecule has 0 N–H and O–H groups in total. The second-order valence-corrected chi connectivity index (χ2v) is 7.65. The topological polar surface area (TPSA) is 38.1 Å². The number of aryl methyl sites for hydroxylation is 3. The van der Waals surface area contributed by atoms with Crippen molar-refractivity contribution in [3.63, 3.8) is 0 Å². The fraction of sp³-hybridized carbons (Fsp3) is 0.647. The van der Waals surface area contributed by atoms with Crippen LogP contribution >= 0.6 is 11.3 Å².